The summed E-state index contributed by atoms with van der Waals surface area (Å²) in [7, 11) is 0. The van der Waals surface area contributed by atoms with Crippen LogP contribution in [0.3, 0.4) is 0 Å². The number of amides is 1. The van der Waals surface area contributed by atoms with Gasteiger partial charge < -0.3 is 13.9 Å². The maximum atomic E-state index is 13.0. The van der Waals surface area contributed by atoms with Gasteiger partial charge in [0.2, 0.25) is 11.8 Å². The Morgan fingerprint density at radius 1 is 1.24 bits per heavy atom. The van der Waals surface area contributed by atoms with E-state index in [-0.39, 0.29) is 23.8 Å². The average molecular weight is 346 g/mol. The number of likely N-dealkylation sites (tertiary alicyclic amines) is 1. The minimum Gasteiger partial charge on any atom is -0.361 e. The second-order valence-corrected chi connectivity index (χ2v) is 7.24. The van der Waals surface area contributed by atoms with E-state index in [1.54, 1.807) is 0 Å². The molecule has 2 unspecified atom stereocenters. The van der Waals surface area contributed by atoms with Gasteiger partial charge in [0.15, 0.2) is 5.82 Å². The molecule has 2 aromatic rings. The summed E-state index contributed by atoms with van der Waals surface area (Å²) in [5, 5.41) is 8.09. The van der Waals surface area contributed by atoms with E-state index in [4.69, 9.17) is 9.05 Å². The van der Waals surface area contributed by atoms with Crippen LogP contribution in [-0.4, -0.2) is 32.6 Å². The van der Waals surface area contributed by atoms with Gasteiger partial charge in [-0.15, -0.1) is 0 Å². The van der Waals surface area contributed by atoms with E-state index in [1.807, 2.05) is 39.5 Å². The van der Waals surface area contributed by atoms with Crippen LogP contribution in [0.15, 0.2) is 9.05 Å². The Morgan fingerprint density at radius 3 is 2.60 bits per heavy atom. The molecule has 1 aliphatic rings. The summed E-state index contributed by atoms with van der Waals surface area (Å²) in [6.45, 7) is 10.5. The van der Waals surface area contributed by atoms with Gasteiger partial charge in [-0.05, 0) is 33.1 Å². The van der Waals surface area contributed by atoms with Crippen molar-refractivity contribution < 1.29 is 13.8 Å². The van der Waals surface area contributed by atoms with Crippen LogP contribution in [0.4, 0.5) is 0 Å². The highest BCUT2D eigenvalue weighted by molar-refractivity contribution is 5.79. The Bertz CT molecular complexity index is 730. The SMILES string of the molecule is Cc1noc(C)c1CC(C)C(=O)N1CCCC1c1noc(C(C)C)n1. The van der Waals surface area contributed by atoms with Crippen LogP contribution in [-0.2, 0) is 11.2 Å². The summed E-state index contributed by atoms with van der Waals surface area (Å²) in [5.41, 5.74) is 1.88. The van der Waals surface area contributed by atoms with Gasteiger partial charge in [0.25, 0.3) is 0 Å². The van der Waals surface area contributed by atoms with Crippen LogP contribution >= 0.6 is 0 Å². The second-order valence-electron chi connectivity index (χ2n) is 7.24. The molecule has 1 saturated heterocycles. The summed E-state index contributed by atoms with van der Waals surface area (Å²) in [5.74, 6) is 2.20. The lowest BCUT2D eigenvalue weighted by Gasteiger charge is -2.25. The molecule has 0 bridgehead atoms. The van der Waals surface area contributed by atoms with E-state index >= 15 is 0 Å². The molecular weight excluding hydrogens is 320 g/mol. The molecule has 0 aromatic carbocycles. The van der Waals surface area contributed by atoms with Crippen LogP contribution in [0.5, 0.6) is 0 Å². The molecule has 3 heterocycles. The van der Waals surface area contributed by atoms with E-state index in [9.17, 15) is 4.79 Å². The summed E-state index contributed by atoms with van der Waals surface area (Å²) in [6, 6.07) is -0.0872. The maximum absolute atomic E-state index is 13.0. The maximum Gasteiger partial charge on any atom is 0.229 e. The van der Waals surface area contributed by atoms with Gasteiger partial charge in [-0.25, -0.2) is 0 Å². The molecule has 0 aliphatic carbocycles. The monoisotopic (exact) mass is 346 g/mol. The standard InChI is InChI=1S/C18H26N4O3/c1-10(2)17-19-16(21-25-17)15-7-6-8-22(15)18(23)11(3)9-14-12(4)20-24-13(14)5/h10-11,15H,6-9H2,1-5H3. The molecule has 136 valence electrons. The fraction of sp³-hybridized carbons (Fsp3) is 0.667. The highest BCUT2D eigenvalue weighted by Crippen LogP contribution is 2.32. The molecule has 1 amide bonds. The second kappa shape index (κ2) is 6.98. The molecule has 1 aliphatic heterocycles. The number of rotatable bonds is 5. The smallest absolute Gasteiger partial charge is 0.229 e. The van der Waals surface area contributed by atoms with Gasteiger partial charge in [0.05, 0.1) is 11.7 Å². The fourth-order valence-electron chi connectivity index (χ4n) is 3.39. The van der Waals surface area contributed by atoms with Crippen molar-refractivity contribution in [2.45, 2.75) is 65.8 Å². The highest BCUT2D eigenvalue weighted by Gasteiger charge is 2.35. The highest BCUT2D eigenvalue weighted by atomic mass is 16.5. The minimum atomic E-state index is -0.145. The van der Waals surface area contributed by atoms with E-state index in [0.29, 0.717) is 18.1 Å². The van der Waals surface area contributed by atoms with Gasteiger partial charge in [0, 0.05) is 23.9 Å². The normalized spacial score (nSPS) is 19.0. The van der Waals surface area contributed by atoms with Crippen molar-refractivity contribution in [2.24, 2.45) is 5.92 Å². The number of nitrogens with zero attached hydrogens (tertiary/aromatic N) is 4. The molecule has 7 nitrogen and oxygen atoms in total. The topological polar surface area (TPSA) is 85.3 Å². The first kappa shape index (κ1) is 17.6. The number of hydrogen-bond acceptors (Lipinski definition) is 6. The molecule has 7 heteroatoms. The zero-order chi connectivity index (χ0) is 18.1. The van der Waals surface area contributed by atoms with Gasteiger partial charge in [0.1, 0.15) is 5.76 Å². The third-order valence-corrected chi connectivity index (χ3v) is 4.90. The molecule has 0 saturated carbocycles. The van der Waals surface area contributed by atoms with Gasteiger partial charge in [-0.2, -0.15) is 4.98 Å². The summed E-state index contributed by atoms with van der Waals surface area (Å²) in [4.78, 5) is 19.4. The van der Waals surface area contributed by atoms with Gasteiger partial charge >= 0.3 is 0 Å². The van der Waals surface area contributed by atoms with E-state index in [1.165, 1.54) is 0 Å². The third kappa shape index (κ3) is 3.45. The Morgan fingerprint density at radius 2 is 2.00 bits per heavy atom. The lowest BCUT2D eigenvalue weighted by molar-refractivity contribution is -0.136. The predicted molar refractivity (Wildman–Crippen MR) is 90.9 cm³/mol. The van der Waals surface area contributed by atoms with Crippen molar-refractivity contribution in [1.82, 2.24) is 20.2 Å². The van der Waals surface area contributed by atoms with Crippen LogP contribution in [0, 0.1) is 19.8 Å². The van der Waals surface area contributed by atoms with Crippen molar-refractivity contribution in [3.05, 3.63) is 28.7 Å². The average Bonchev–Trinajstić information content (AvgIpc) is 3.29. The van der Waals surface area contributed by atoms with E-state index in [0.717, 1.165) is 36.4 Å². The first-order valence-corrected chi connectivity index (χ1v) is 8.94. The van der Waals surface area contributed by atoms with Crippen molar-refractivity contribution >= 4 is 5.91 Å². The molecule has 2 atom stereocenters. The quantitative estimate of drug-likeness (QED) is 0.825. The number of carbonyl (C=O) groups excluding carboxylic acids is 1. The van der Waals surface area contributed by atoms with Gasteiger partial charge in [-0.1, -0.05) is 31.1 Å². The summed E-state index contributed by atoms with van der Waals surface area (Å²) in [6.07, 6.45) is 2.47. The molecule has 3 rings (SSSR count). The van der Waals surface area contributed by atoms with Crippen molar-refractivity contribution in [3.63, 3.8) is 0 Å². The van der Waals surface area contributed by atoms with Crippen molar-refractivity contribution in [3.8, 4) is 0 Å². The first-order valence-electron chi connectivity index (χ1n) is 8.94. The number of aryl methyl sites for hydroxylation is 2. The fourth-order valence-corrected chi connectivity index (χ4v) is 3.39. The largest absolute Gasteiger partial charge is 0.361 e. The molecule has 0 spiro atoms. The lowest BCUT2D eigenvalue weighted by Crippen LogP contribution is -2.36. The molecular formula is C18H26N4O3. The Hall–Kier alpha value is -2.18. The van der Waals surface area contributed by atoms with Crippen LogP contribution in [0.1, 0.15) is 74.3 Å². The predicted octanol–water partition coefficient (Wildman–Crippen LogP) is 3.34. The number of aromatic nitrogens is 3. The first-order chi connectivity index (χ1) is 11.9. The zero-order valence-electron chi connectivity index (χ0n) is 15.6. The molecule has 0 N–H and O–H groups in total. The molecule has 1 fully saturated rings. The van der Waals surface area contributed by atoms with Crippen molar-refractivity contribution in [2.75, 3.05) is 6.54 Å². The summed E-state index contributed by atoms with van der Waals surface area (Å²) >= 11 is 0. The third-order valence-electron chi connectivity index (χ3n) is 4.90. The molecule has 0 radical (unpaired) electrons. The number of hydrogen-bond donors (Lipinski definition) is 0. The van der Waals surface area contributed by atoms with Crippen LogP contribution in [0.25, 0.3) is 0 Å². The van der Waals surface area contributed by atoms with Crippen LogP contribution in [0.2, 0.25) is 0 Å². The molecule has 2 aromatic heterocycles. The summed E-state index contributed by atoms with van der Waals surface area (Å²) < 4.78 is 10.5. The lowest BCUT2D eigenvalue weighted by atomic mass is 9.98. The zero-order valence-corrected chi connectivity index (χ0v) is 15.6. The molecule has 25 heavy (non-hydrogen) atoms. The minimum absolute atomic E-state index is 0.0872. The van der Waals surface area contributed by atoms with Crippen molar-refractivity contribution in [1.29, 1.82) is 0 Å². The Balaban J connectivity index is 1.73. The van der Waals surface area contributed by atoms with Crippen LogP contribution < -0.4 is 0 Å². The van der Waals surface area contributed by atoms with Gasteiger partial charge in [-0.3, -0.25) is 4.79 Å². The Labute approximate surface area is 147 Å². The van der Waals surface area contributed by atoms with E-state index < -0.39 is 0 Å². The number of carbonyl (C=O) groups is 1. The van der Waals surface area contributed by atoms with E-state index in [2.05, 4.69) is 15.3 Å². The Kier molecular flexibility index (Phi) is 4.92.